The maximum atomic E-state index is 11.0. The molecular weight excluding hydrogens is 244 g/mol. The van der Waals surface area contributed by atoms with Crippen molar-refractivity contribution in [1.29, 1.82) is 0 Å². The zero-order chi connectivity index (χ0) is 13.8. The fourth-order valence-corrected chi connectivity index (χ4v) is 1.79. The predicted molar refractivity (Wildman–Crippen MR) is 72.0 cm³/mol. The molecule has 2 aromatic heterocycles. The van der Waals surface area contributed by atoms with E-state index in [1.807, 2.05) is 12.1 Å². The van der Waals surface area contributed by atoms with Crippen LogP contribution in [0.3, 0.4) is 0 Å². The van der Waals surface area contributed by atoms with Gasteiger partial charge in [0.05, 0.1) is 11.3 Å². The van der Waals surface area contributed by atoms with Crippen LogP contribution in [0.2, 0.25) is 0 Å². The van der Waals surface area contributed by atoms with Gasteiger partial charge in [-0.25, -0.2) is 9.78 Å². The van der Waals surface area contributed by atoms with Gasteiger partial charge >= 0.3 is 5.97 Å². The van der Waals surface area contributed by atoms with Gasteiger partial charge in [0.2, 0.25) is 0 Å². The van der Waals surface area contributed by atoms with Crippen LogP contribution in [0.5, 0.6) is 0 Å². The molecule has 19 heavy (non-hydrogen) atoms. The van der Waals surface area contributed by atoms with Crippen molar-refractivity contribution >= 4 is 17.5 Å². The molecule has 3 N–H and O–H groups in total. The molecule has 0 bridgehead atoms. The van der Waals surface area contributed by atoms with Crippen LogP contribution >= 0.6 is 0 Å². The average Bonchev–Trinajstić information content (AvgIpc) is 2.39. The third-order valence-corrected chi connectivity index (χ3v) is 2.70. The van der Waals surface area contributed by atoms with E-state index in [1.165, 1.54) is 12.3 Å². The fraction of sp³-hybridized carbons (Fsp3) is 0.154. The number of pyridine rings is 2. The minimum absolute atomic E-state index is 0.0584. The van der Waals surface area contributed by atoms with Crippen molar-refractivity contribution in [3.63, 3.8) is 0 Å². The van der Waals surface area contributed by atoms with Crippen molar-refractivity contribution in [3.8, 4) is 0 Å². The summed E-state index contributed by atoms with van der Waals surface area (Å²) in [6.45, 7) is 0.550. The van der Waals surface area contributed by atoms with Gasteiger partial charge in [0, 0.05) is 32.2 Å². The second-order valence-electron chi connectivity index (χ2n) is 4.12. The minimum atomic E-state index is -1.06. The molecule has 2 rings (SSSR count). The van der Waals surface area contributed by atoms with Gasteiger partial charge in [-0.05, 0) is 17.7 Å². The van der Waals surface area contributed by atoms with E-state index in [2.05, 4.69) is 9.97 Å². The predicted octanol–water partition coefficient (Wildman–Crippen LogP) is 1.39. The molecule has 2 heterocycles. The molecule has 0 aliphatic rings. The fourth-order valence-electron chi connectivity index (χ4n) is 1.79. The Hall–Kier alpha value is -2.63. The monoisotopic (exact) mass is 258 g/mol. The quantitative estimate of drug-likeness (QED) is 0.861. The Kier molecular flexibility index (Phi) is 3.61. The Balaban J connectivity index is 2.27. The summed E-state index contributed by atoms with van der Waals surface area (Å²) in [6, 6.07) is 5.16. The lowest BCUT2D eigenvalue weighted by molar-refractivity contribution is 0.0698. The molecule has 6 heteroatoms. The zero-order valence-corrected chi connectivity index (χ0v) is 10.4. The lowest BCUT2D eigenvalue weighted by Crippen LogP contribution is -2.20. The SMILES string of the molecule is CN(Cc1cccnc1)c1nccc(C(=O)O)c1N. The summed E-state index contributed by atoms with van der Waals surface area (Å²) in [5, 5.41) is 9.03. The lowest BCUT2D eigenvalue weighted by atomic mass is 10.2. The van der Waals surface area contributed by atoms with Gasteiger partial charge in [-0.2, -0.15) is 0 Å². The first-order valence-electron chi connectivity index (χ1n) is 5.67. The van der Waals surface area contributed by atoms with Crippen LogP contribution in [-0.2, 0) is 6.54 Å². The summed E-state index contributed by atoms with van der Waals surface area (Å²) in [4.78, 5) is 21.0. The molecule has 2 aromatic rings. The molecule has 0 unspecified atom stereocenters. The van der Waals surface area contributed by atoms with E-state index in [0.717, 1.165) is 5.56 Å². The molecule has 6 nitrogen and oxygen atoms in total. The van der Waals surface area contributed by atoms with Crippen molar-refractivity contribution in [1.82, 2.24) is 9.97 Å². The Morgan fingerprint density at radius 3 is 2.84 bits per heavy atom. The summed E-state index contributed by atoms with van der Waals surface area (Å²) in [5.41, 5.74) is 7.06. The van der Waals surface area contributed by atoms with E-state index in [1.54, 1.807) is 24.3 Å². The summed E-state index contributed by atoms with van der Waals surface area (Å²) >= 11 is 0. The number of carboxylic acids is 1. The smallest absolute Gasteiger partial charge is 0.337 e. The minimum Gasteiger partial charge on any atom is -0.478 e. The summed E-state index contributed by atoms with van der Waals surface area (Å²) < 4.78 is 0. The molecule has 0 saturated carbocycles. The van der Waals surface area contributed by atoms with E-state index >= 15 is 0 Å². The zero-order valence-electron chi connectivity index (χ0n) is 10.4. The van der Waals surface area contributed by atoms with Crippen LogP contribution in [0.25, 0.3) is 0 Å². The number of nitrogens with two attached hydrogens (primary N) is 1. The molecule has 0 aliphatic heterocycles. The second-order valence-corrected chi connectivity index (χ2v) is 4.12. The van der Waals surface area contributed by atoms with Gasteiger partial charge in [-0.3, -0.25) is 4.98 Å². The third-order valence-electron chi connectivity index (χ3n) is 2.70. The highest BCUT2D eigenvalue weighted by molar-refractivity contribution is 5.96. The van der Waals surface area contributed by atoms with Crippen molar-refractivity contribution < 1.29 is 9.90 Å². The molecule has 0 atom stereocenters. The van der Waals surface area contributed by atoms with Crippen LogP contribution in [-0.4, -0.2) is 28.1 Å². The number of carbonyl (C=O) groups is 1. The Labute approximate surface area is 110 Å². The van der Waals surface area contributed by atoms with Crippen molar-refractivity contribution in [2.45, 2.75) is 6.54 Å². The normalized spacial score (nSPS) is 10.2. The largest absolute Gasteiger partial charge is 0.478 e. The molecule has 98 valence electrons. The van der Waals surface area contributed by atoms with E-state index < -0.39 is 5.97 Å². The number of anilines is 2. The van der Waals surface area contributed by atoms with Crippen LogP contribution < -0.4 is 10.6 Å². The standard InChI is InChI=1S/C13H14N4O2/c1-17(8-9-3-2-5-15-7-9)12-11(14)10(13(18)19)4-6-16-12/h2-7H,8,14H2,1H3,(H,18,19). The van der Waals surface area contributed by atoms with E-state index in [-0.39, 0.29) is 11.3 Å². The van der Waals surface area contributed by atoms with Crippen molar-refractivity contribution in [2.24, 2.45) is 0 Å². The molecule has 0 aromatic carbocycles. The molecule has 0 radical (unpaired) electrons. The Morgan fingerprint density at radius 2 is 2.21 bits per heavy atom. The molecular formula is C13H14N4O2. The van der Waals surface area contributed by atoms with Gasteiger partial charge in [0.1, 0.15) is 0 Å². The van der Waals surface area contributed by atoms with Gasteiger partial charge in [-0.1, -0.05) is 6.07 Å². The Morgan fingerprint density at radius 1 is 1.42 bits per heavy atom. The van der Waals surface area contributed by atoms with Gasteiger partial charge in [0.25, 0.3) is 0 Å². The highest BCUT2D eigenvalue weighted by Gasteiger charge is 2.15. The van der Waals surface area contributed by atoms with Gasteiger partial charge in [0.15, 0.2) is 5.82 Å². The third kappa shape index (κ3) is 2.79. The average molecular weight is 258 g/mol. The molecule has 0 amide bonds. The maximum Gasteiger partial charge on any atom is 0.337 e. The second kappa shape index (κ2) is 5.34. The number of aromatic carboxylic acids is 1. The van der Waals surface area contributed by atoms with Crippen LogP contribution in [0.15, 0.2) is 36.8 Å². The maximum absolute atomic E-state index is 11.0. The van der Waals surface area contributed by atoms with E-state index in [0.29, 0.717) is 12.4 Å². The molecule has 0 saturated heterocycles. The van der Waals surface area contributed by atoms with Gasteiger partial charge in [-0.15, -0.1) is 0 Å². The number of carboxylic acid groups (broad SMARTS) is 1. The molecule has 0 fully saturated rings. The first-order chi connectivity index (χ1) is 9.09. The molecule has 0 spiro atoms. The van der Waals surface area contributed by atoms with Crippen LogP contribution in [0.4, 0.5) is 11.5 Å². The number of nitrogens with zero attached hydrogens (tertiary/aromatic N) is 3. The number of aromatic nitrogens is 2. The first kappa shape index (κ1) is 12.8. The topological polar surface area (TPSA) is 92.3 Å². The number of nitrogen functional groups attached to an aromatic ring is 1. The Bertz CT molecular complexity index is 586. The van der Waals surface area contributed by atoms with Crippen molar-refractivity contribution in [2.75, 3.05) is 17.7 Å². The summed E-state index contributed by atoms with van der Waals surface area (Å²) in [7, 11) is 1.80. The first-order valence-corrected chi connectivity index (χ1v) is 5.67. The number of hydrogen-bond acceptors (Lipinski definition) is 5. The summed E-state index contributed by atoms with van der Waals surface area (Å²) in [6.07, 6.45) is 4.88. The van der Waals surface area contributed by atoms with Crippen molar-refractivity contribution in [3.05, 3.63) is 47.9 Å². The highest BCUT2D eigenvalue weighted by atomic mass is 16.4. The van der Waals surface area contributed by atoms with E-state index in [4.69, 9.17) is 10.8 Å². The van der Waals surface area contributed by atoms with Crippen LogP contribution in [0.1, 0.15) is 15.9 Å². The highest BCUT2D eigenvalue weighted by Crippen LogP contribution is 2.24. The summed E-state index contributed by atoms with van der Waals surface area (Å²) in [5.74, 6) is -0.611. The molecule has 0 aliphatic carbocycles. The van der Waals surface area contributed by atoms with E-state index in [9.17, 15) is 4.79 Å². The number of hydrogen-bond donors (Lipinski definition) is 2. The lowest BCUT2D eigenvalue weighted by Gasteiger charge is -2.20. The number of rotatable bonds is 4. The van der Waals surface area contributed by atoms with Gasteiger partial charge < -0.3 is 15.7 Å². The van der Waals surface area contributed by atoms with Crippen LogP contribution in [0, 0.1) is 0 Å².